The van der Waals surface area contributed by atoms with Gasteiger partial charge in [-0.05, 0) is 59.3 Å². The molecule has 4 rings (SSSR count). The number of hydrogen-bond donors (Lipinski definition) is 1. The van der Waals surface area contributed by atoms with Crippen molar-refractivity contribution in [2.24, 2.45) is 0 Å². The number of rotatable bonds is 6. The van der Waals surface area contributed by atoms with Gasteiger partial charge >= 0.3 is 0 Å². The van der Waals surface area contributed by atoms with E-state index in [0.717, 1.165) is 14.7 Å². The molecule has 1 aliphatic rings. The quantitative estimate of drug-likeness (QED) is 0.426. The van der Waals surface area contributed by atoms with Crippen LogP contribution in [0.25, 0.3) is 0 Å². The molecule has 7 nitrogen and oxygen atoms in total. The molecule has 0 saturated carbocycles. The Kier molecular flexibility index (Phi) is 6.35. The monoisotopic (exact) mass is 558 g/mol. The number of benzene rings is 2. The second-order valence-electron chi connectivity index (χ2n) is 6.58. The summed E-state index contributed by atoms with van der Waals surface area (Å²) >= 11 is 14.4. The van der Waals surface area contributed by atoms with Crippen molar-refractivity contribution in [3.63, 3.8) is 0 Å². The Labute approximate surface area is 196 Å². The minimum absolute atomic E-state index is 0.105. The summed E-state index contributed by atoms with van der Waals surface area (Å²) in [6.45, 7) is 2.64. The van der Waals surface area contributed by atoms with E-state index in [4.69, 9.17) is 32.7 Å². The third-order valence-electron chi connectivity index (χ3n) is 4.60. The average Bonchev–Trinajstić information content (AvgIpc) is 3.16. The zero-order valence-electron chi connectivity index (χ0n) is 15.9. The van der Waals surface area contributed by atoms with Crippen LogP contribution in [0.15, 0.2) is 36.7 Å². The zero-order valence-corrected chi connectivity index (χ0v) is 19.5. The van der Waals surface area contributed by atoms with Gasteiger partial charge in [-0.15, -0.1) is 0 Å². The molecule has 0 unspecified atom stereocenters. The van der Waals surface area contributed by atoms with Gasteiger partial charge in [-0.2, -0.15) is 10.1 Å². The van der Waals surface area contributed by atoms with E-state index in [0.29, 0.717) is 34.1 Å². The van der Waals surface area contributed by atoms with Crippen LogP contribution in [0, 0.1) is 3.57 Å². The predicted octanol–water partition coefficient (Wildman–Crippen LogP) is 5.10. The Hall–Kier alpha value is -2.04. The van der Waals surface area contributed by atoms with Gasteiger partial charge in [-0.1, -0.05) is 29.3 Å². The lowest BCUT2D eigenvalue weighted by Crippen LogP contribution is -2.29. The summed E-state index contributed by atoms with van der Waals surface area (Å²) in [5, 5.41) is 8.10. The van der Waals surface area contributed by atoms with Crippen LogP contribution in [0.1, 0.15) is 30.5 Å². The lowest BCUT2D eigenvalue weighted by atomic mass is 10.0. The lowest BCUT2D eigenvalue weighted by molar-refractivity contribution is -0.117. The van der Waals surface area contributed by atoms with Crippen LogP contribution in [0.2, 0.25) is 10.0 Å². The summed E-state index contributed by atoms with van der Waals surface area (Å²) in [5.74, 6) is 1.54. The van der Waals surface area contributed by atoms with Crippen molar-refractivity contribution in [2.75, 3.05) is 11.9 Å². The predicted molar refractivity (Wildman–Crippen MR) is 123 cm³/mol. The largest absolute Gasteiger partial charge is 0.490 e. The fourth-order valence-corrected chi connectivity index (χ4v) is 4.48. The van der Waals surface area contributed by atoms with E-state index in [9.17, 15) is 4.79 Å². The summed E-state index contributed by atoms with van der Waals surface area (Å²) in [6.07, 6.45) is 1.69. The van der Waals surface area contributed by atoms with Gasteiger partial charge in [0, 0.05) is 15.6 Å². The molecule has 1 N–H and O–H groups in total. The molecule has 0 saturated heterocycles. The number of ether oxygens (including phenoxy) is 2. The second kappa shape index (κ2) is 8.99. The number of fused-ring (bicyclic) bond motifs is 1. The Morgan fingerprint density at radius 3 is 2.87 bits per heavy atom. The topological polar surface area (TPSA) is 78.3 Å². The Morgan fingerprint density at radius 1 is 1.27 bits per heavy atom. The van der Waals surface area contributed by atoms with E-state index in [-0.39, 0.29) is 25.0 Å². The first-order chi connectivity index (χ1) is 14.5. The molecule has 2 heterocycles. The fraction of sp³-hybridized carbons (Fsp3) is 0.250. The van der Waals surface area contributed by atoms with Crippen LogP contribution in [-0.4, -0.2) is 27.3 Å². The molecule has 3 aromatic rings. The first-order valence-electron chi connectivity index (χ1n) is 9.18. The lowest BCUT2D eigenvalue weighted by Gasteiger charge is -2.25. The minimum Gasteiger partial charge on any atom is -0.490 e. The molecule has 1 atom stereocenters. The number of nitrogens with zero attached hydrogens (tertiary/aromatic N) is 3. The number of aromatic nitrogens is 3. The molecular weight excluding hydrogens is 542 g/mol. The van der Waals surface area contributed by atoms with E-state index in [2.05, 4.69) is 38.0 Å². The van der Waals surface area contributed by atoms with Crippen LogP contribution in [0.4, 0.5) is 5.95 Å². The molecule has 30 heavy (non-hydrogen) atoms. The molecule has 1 amide bonds. The number of carbonyl (C=O) groups is 1. The molecule has 0 fully saturated rings. The second-order valence-corrected chi connectivity index (χ2v) is 8.59. The van der Waals surface area contributed by atoms with Crippen LogP contribution < -0.4 is 14.8 Å². The van der Waals surface area contributed by atoms with E-state index in [1.807, 2.05) is 25.1 Å². The maximum absolute atomic E-state index is 12.1. The average molecular weight is 559 g/mol. The summed E-state index contributed by atoms with van der Waals surface area (Å²) in [4.78, 5) is 16.2. The number of anilines is 1. The summed E-state index contributed by atoms with van der Waals surface area (Å²) in [7, 11) is 0. The molecule has 0 aliphatic carbocycles. The number of halogens is 3. The molecule has 0 bridgehead atoms. The molecule has 1 aromatic heterocycles. The number of hydrogen-bond acceptors (Lipinski definition) is 5. The fourth-order valence-electron chi connectivity index (χ4n) is 3.24. The van der Waals surface area contributed by atoms with Gasteiger partial charge in [0.15, 0.2) is 11.5 Å². The molecule has 156 valence electrons. The van der Waals surface area contributed by atoms with Crippen LogP contribution in [0.5, 0.6) is 11.5 Å². The first kappa shape index (κ1) is 21.2. The Bertz CT molecular complexity index is 1110. The van der Waals surface area contributed by atoms with Crippen molar-refractivity contribution < 1.29 is 14.3 Å². The molecule has 2 aromatic carbocycles. The van der Waals surface area contributed by atoms with Crippen LogP contribution in [-0.2, 0) is 11.4 Å². The molecule has 0 radical (unpaired) electrons. The van der Waals surface area contributed by atoms with E-state index >= 15 is 0 Å². The zero-order chi connectivity index (χ0) is 21.3. The van der Waals surface area contributed by atoms with Crippen molar-refractivity contribution in [3.8, 4) is 11.5 Å². The van der Waals surface area contributed by atoms with Gasteiger partial charge in [-0.25, -0.2) is 4.68 Å². The van der Waals surface area contributed by atoms with Crippen molar-refractivity contribution in [2.45, 2.75) is 26.0 Å². The van der Waals surface area contributed by atoms with Crippen molar-refractivity contribution in [1.29, 1.82) is 0 Å². The van der Waals surface area contributed by atoms with Gasteiger partial charge in [0.25, 0.3) is 0 Å². The van der Waals surface area contributed by atoms with Crippen molar-refractivity contribution >= 4 is 57.6 Å². The van der Waals surface area contributed by atoms with E-state index in [1.165, 1.54) is 6.33 Å². The maximum Gasteiger partial charge on any atom is 0.229 e. The molecule has 1 aliphatic heterocycles. The molecule has 0 spiro atoms. The maximum atomic E-state index is 12.1. The standard InChI is InChI=1S/C20H17Cl2IN4O3/c1-2-29-17-6-12(16-8-18(28)26-20-24-10-25-27(16)20)5-15(23)19(17)30-9-11-3-4-13(21)7-14(11)22/h3-7,10,16H,2,8-9H2,1H3,(H,24,25,26,28)/t16-/m1/s1. The highest BCUT2D eigenvalue weighted by atomic mass is 127. The third-order valence-corrected chi connectivity index (χ3v) is 5.99. The summed E-state index contributed by atoms with van der Waals surface area (Å²) in [5.41, 5.74) is 1.71. The van der Waals surface area contributed by atoms with Gasteiger partial charge in [0.05, 0.1) is 22.6 Å². The number of carbonyl (C=O) groups excluding carboxylic acids is 1. The highest BCUT2D eigenvalue weighted by Gasteiger charge is 2.29. The Morgan fingerprint density at radius 2 is 2.10 bits per heavy atom. The molecular formula is C20H17Cl2IN4O3. The highest BCUT2D eigenvalue weighted by molar-refractivity contribution is 14.1. The van der Waals surface area contributed by atoms with Crippen LogP contribution in [0.3, 0.4) is 0 Å². The van der Waals surface area contributed by atoms with E-state index in [1.54, 1.807) is 16.8 Å². The van der Waals surface area contributed by atoms with Gasteiger partial charge < -0.3 is 9.47 Å². The Balaban J connectivity index is 1.66. The van der Waals surface area contributed by atoms with Crippen molar-refractivity contribution in [1.82, 2.24) is 14.8 Å². The van der Waals surface area contributed by atoms with Gasteiger partial charge in [-0.3, -0.25) is 10.1 Å². The summed E-state index contributed by atoms with van der Waals surface area (Å²) in [6, 6.07) is 8.87. The number of nitrogens with one attached hydrogen (secondary N) is 1. The normalized spacial score (nSPS) is 15.5. The molecule has 10 heteroatoms. The first-order valence-corrected chi connectivity index (χ1v) is 11.0. The smallest absolute Gasteiger partial charge is 0.229 e. The van der Waals surface area contributed by atoms with E-state index < -0.39 is 0 Å². The van der Waals surface area contributed by atoms with Gasteiger partial charge in [0.1, 0.15) is 12.9 Å². The SMILES string of the molecule is CCOc1cc([C@H]2CC(=O)Nc3ncnn32)cc(I)c1OCc1ccc(Cl)cc1Cl. The number of amides is 1. The van der Waals surface area contributed by atoms with Gasteiger partial charge in [0.2, 0.25) is 11.9 Å². The van der Waals surface area contributed by atoms with Crippen LogP contribution >= 0.6 is 45.8 Å². The third kappa shape index (κ3) is 4.35. The minimum atomic E-state index is -0.274. The highest BCUT2D eigenvalue weighted by Crippen LogP contribution is 2.39. The van der Waals surface area contributed by atoms with Crippen molar-refractivity contribution in [3.05, 3.63) is 61.4 Å². The summed E-state index contributed by atoms with van der Waals surface area (Å²) < 4.78 is 14.5.